The third kappa shape index (κ3) is 4.12. The van der Waals surface area contributed by atoms with E-state index < -0.39 is 34.0 Å². The van der Waals surface area contributed by atoms with Gasteiger partial charge in [0.1, 0.15) is 6.61 Å². The summed E-state index contributed by atoms with van der Waals surface area (Å²) in [6.07, 6.45) is 7.71. The molecule has 41 heavy (non-hydrogen) atoms. The number of aromatic hydroxyl groups is 1. The summed E-state index contributed by atoms with van der Waals surface area (Å²) in [5.74, 6) is -0.870. The van der Waals surface area contributed by atoms with E-state index in [1.165, 1.54) is 25.3 Å². The lowest BCUT2D eigenvalue weighted by Gasteiger charge is -2.65. The summed E-state index contributed by atoms with van der Waals surface area (Å²) in [4.78, 5) is 24.8. The van der Waals surface area contributed by atoms with Gasteiger partial charge in [-0.1, -0.05) is 6.92 Å². The van der Waals surface area contributed by atoms with Crippen LogP contribution < -0.4 is 10.2 Å². The highest BCUT2D eigenvalue weighted by Crippen LogP contribution is 2.70. The molecule has 6 rings (SSSR count). The normalized spacial score (nSPS) is 41.7. The van der Waals surface area contributed by atoms with E-state index in [0.717, 1.165) is 24.8 Å². The SMILES string of the molecule is COc1cc(C(=O)NN=CC23CCC(O)CC2(O)CCC2C3CCC3(C)C(C4=CC(=O)OC4)CCC23O)ccc1O. The van der Waals surface area contributed by atoms with Gasteiger partial charge in [0.2, 0.25) is 0 Å². The summed E-state index contributed by atoms with van der Waals surface area (Å²) in [5, 5.41) is 49.5. The van der Waals surface area contributed by atoms with Crippen LogP contribution in [0.3, 0.4) is 0 Å². The number of carbonyl (C=O) groups is 2. The molecule has 10 heteroatoms. The Balaban J connectivity index is 1.31. The summed E-state index contributed by atoms with van der Waals surface area (Å²) in [6.45, 7) is 2.42. The van der Waals surface area contributed by atoms with Gasteiger partial charge in [-0.15, -0.1) is 0 Å². The van der Waals surface area contributed by atoms with Gasteiger partial charge in [-0.3, -0.25) is 4.79 Å². The molecule has 4 saturated carbocycles. The zero-order chi connectivity index (χ0) is 29.2. The number of amides is 1. The molecule has 1 aromatic carbocycles. The van der Waals surface area contributed by atoms with Crippen molar-refractivity contribution in [3.63, 3.8) is 0 Å². The molecule has 10 nitrogen and oxygen atoms in total. The number of nitrogens with zero attached hydrogens (tertiary/aromatic N) is 1. The molecule has 222 valence electrons. The number of phenolic OH excluding ortho intramolecular Hbond substituents is 1. The Morgan fingerprint density at radius 3 is 2.63 bits per heavy atom. The number of methoxy groups -OCH3 is 1. The van der Waals surface area contributed by atoms with Crippen molar-refractivity contribution in [1.82, 2.24) is 5.43 Å². The van der Waals surface area contributed by atoms with E-state index in [1.807, 2.05) is 0 Å². The van der Waals surface area contributed by atoms with Crippen molar-refractivity contribution in [3.05, 3.63) is 35.4 Å². The lowest BCUT2D eigenvalue weighted by molar-refractivity contribution is -0.237. The highest BCUT2D eigenvalue weighted by atomic mass is 16.5. The molecule has 1 amide bonds. The van der Waals surface area contributed by atoms with Crippen molar-refractivity contribution in [2.45, 2.75) is 82.0 Å². The molecule has 5 aliphatic rings. The second kappa shape index (κ2) is 9.81. The predicted octanol–water partition coefficient (Wildman–Crippen LogP) is 2.83. The van der Waals surface area contributed by atoms with Crippen LogP contribution in [0.2, 0.25) is 0 Å². The minimum Gasteiger partial charge on any atom is -0.504 e. The Kier molecular flexibility index (Phi) is 6.75. The minimum atomic E-state index is -1.22. The molecule has 1 heterocycles. The van der Waals surface area contributed by atoms with Gasteiger partial charge >= 0.3 is 5.97 Å². The van der Waals surface area contributed by atoms with Crippen molar-refractivity contribution in [1.29, 1.82) is 0 Å². The highest BCUT2D eigenvalue weighted by molar-refractivity contribution is 5.95. The number of nitrogens with one attached hydrogen (secondary N) is 1. The van der Waals surface area contributed by atoms with Crippen LogP contribution in [0.15, 0.2) is 34.9 Å². The van der Waals surface area contributed by atoms with Gasteiger partial charge in [0.15, 0.2) is 11.5 Å². The molecule has 0 radical (unpaired) electrons. The van der Waals surface area contributed by atoms with Crippen molar-refractivity contribution in [2.75, 3.05) is 13.7 Å². The van der Waals surface area contributed by atoms with Gasteiger partial charge in [0, 0.05) is 35.1 Å². The number of cyclic esters (lactones) is 1. The molecule has 5 N–H and O–H groups in total. The average Bonchev–Trinajstić information content (AvgIpc) is 3.48. The van der Waals surface area contributed by atoms with E-state index >= 15 is 0 Å². The largest absolute Gasteiger partial charge is 0.504 e. The average molecular weight is 569 g/mol. The number of hydrazone groups is 1. The summed E-state index contributed by atoms with van der Waals surface area (Å²) >= 11 is 0. The molecule has 1 aliphatic heterocycles. The molecular formula is C31H40N2O8. The summed E-state index contributed by atoms with van der Waals surface area (Å²) < 4.78 is 10.3. The fraction of sp³-hybridized carbons (Fsp3) is 0.645. The number of fused-ring (bicyclic) bond motifs is 5. The summed E-state index contributed by atoms with van der Waals surface area (Å²) in [5.41, 5.74) is 0.326. The number of phenols is 1. The van der Waals surface area contributed by atoms with E-state index in [-0.39, 0.29) is 53.8 Å². The number of aliphatic hydroxyl groups is 3. The third-order valence-electron chi connectivity index (χ3n) is 11.5. The maximum absolute atomic E-state index is 12.9. The number of carbonyl (C=O) groups excluding carboxylic acids is 2. The first-order chi connectivity index (χ1) is 19.5. The molecule has 0 aromatic heterocycles. The van der Waals surface area contributed by atoms with Crippen molar-refractivity contribution < 1.29 is 39.5 Å². The number of ether oxygens (including phenoxy) is 2. The first-order valence-electron chi connectivity index (χ1n) is 14.7. The van der Waals surface area contributed by atoms with Crippen LogP contribution in [0.5, 0.6) is 11.5 Å². The minimum absolute atomic E-state index is 0.0556. The maximum Gasteiger partial charge on any atom is 0.331 e. The van der Waals surface area contributed by atoms with Gasteiger partial charge in [0.05, 0.1) is 24.4 Å². The van der Waals surface area contributed by atoms with E-state index in [4.69, 9.17) is 9.47 Å². The topological polar surface area (TPSA) is 158 Å². The maximum atomic E-state index is 12.9. The van der Waals surface area contributed by atoms with Crippen LogP contribution in [0.4, 0.5) is 0 Å². The fourth-order valence-electron chi connectivity index (χ4n) is 9.45. The molecule has 4 aliphatic carbocycles. The molecular weight excluding hydrogens is 528 g/mol. The van der Waals surface area contributed by atoms with Crippen LogP contribution >= 0.6 is 0 Å². The third-order valence-corrected chi connectivity index (χ3v) is 11.5. The van der Waals surface area contributed by atoms with Gasteiger partial charge in [-0.05, 0) is 92.9 Å². The molecule has 0 spiro atoms. The summed E-state index contributed by atoms with van der Waals surface area (Å²) in [7, 11) is 1.40. The Labute approximate surface area is 239 Å². The number of aliphatic hydroxyl groups excluding tert-OH is 1. The predicted molar refractivity (Wildman–Crippen MR) is 148 cm³/mol. The second-order valence-electron chi connectivity index (χ2n) is 13.1. The molecule has 1 aromatic rings. The smallest absolute Gasteiger partial charge is 0.331 e. The van der Waals surface area contributed by atoms with Gasteiger partial charge in [-0.25, -0.2) is 10.2 Å². The lowest BCUT2D eigenvalue weighted by atomic mass is 9.41. The fourth-order valence-corrected chi connectivity index (χ4v) is 9.45. The zero-order valence-corrected chi connectivity index (χ0v) is 23.6. The van der Waals surface area contributed by atoms with Crippen molar-refractivity contribution in [3.8, 4) is 11.5 Å². The second-order valence-corrected chi connectivity index (χ2v) is 13.1. The Bertz CT molecular complexity index is 1310. The zero-order valence-electron chi connectivity index (χ0n) is 23.6. The molecule has 0 saturated heterocycles. The highest BCUT2D eigenvalue weighted by Gasteiger charge is 2.71. The van der Waals surface area contributed by atoms with Gasteiger partial charge in [0.25, 0.3) is 5.91 Å². The molecule has 8 unspecified atom stereocenters. The number of benzene rings is 1. The number of hydrogen-bond donors (Lipinski definition) is 5. The lowest BCUT2D eigenvalue weighted by Crippen LogP contribution is -2.68. The van der Waals surface area contributed by atoms with Crippen molar-refractivity contribution in [2.24, 2.45) is 33.7 Å². The quantitative estimate of drug-likeness (QED) is 0.206. The Hall–Kier alpha value is -2.95. The first kappa shape index (κ1) is 28.2. The first-order valence-corrected chi connectivity index (χ1v) is 14.7. The van der Waals surface area contributed by atoms with E-state index in [2.05, 4.69) is 17.5 Å². The Morgan fingerprint density at radius 2 is 1.90 bits per heavy atom. The number of hydrogen-bond acceptors (Lipinski definition) is 9. The van der Waals surface area contributed by atoms with Crippen LogP contribution in [-0.4, -0.2) is 69.5 Å². The van der Waals surface area contributed by atoms with Gasteiger partial charge < -0.3 is 29.9 Å². The van der Waals surface area contributed by atoms with E-state index in [9.17, 15) is 30.0 Å². The molecule has 8 atom stereocenters. The molecule has 0 bridgehead atoms. The van der Waals surface area contributed by atoms with Crippen molar-refractivity contribution >= 4 is 18.1 Å². The van der Waals surface area contributed by atoms with Crippen LogP contribution in [0.25, 0.3) is 0 Å². The number of esters is 1. The van der Waals surface area contributed by atoms with Crippen LogP contribution in [-0.2, 0) is 9.53 Å². The van der Waals surface area contributed by atoms with E-state index in [0.29, 0.717) is 32.1 Å². The monoisotopic (exact) mass is 568 g/mol. The van der Waals surface area contributed by atoms with Crippen LogP contribution in [0, 0.1) is 28.6 Å². The number of rotatable bonds is 5. The Morgan fingerprint density at radius 1 is 1.12 bits per heavy atom. The standard InChI is InChI=1S/C31H40N2O8/c1-28-9-6-22-23(31(28,39)12-8-21(28)19-14-26(36)41-16-19)7-11-30(38)15-20(34)5-10-29(22,30)17-32-33-27(37)18-3-4-24(35)25(13-18)40-2/h3-4,13-14,17,20-23,34-35,38-39H,5-12,15-16H2,1-2H3,(H,33,37). The van der Waals surface area contributed by atoms with Crippen LogP contribution in [0.1, 0.15) is 75.1 Å². The van der Waals surface area contributed by atoms with E-state index in [1.54, 1.807) is 12.3 Å². The van der Waals surface area contributed by atoms with Gasteiger partial charge in [-0.2, -0.15) is 5.10 Å². The molecule has 4 fully saturated rings. The summed E-state index contributed by atoms with van der Waals surface area (Å²) in [6, 6.07) is 4.27.